The molecule has 176 valence electrons. The average Bonchev–Trinajstić information content (AvgIpc) is 3.52. The fourth-order valence-corrected chi connectivity index (χ4v) is 4.33. The lowest BCUT2D eigenvalue weighted by atomic mass is 9.91. The molecule has 0 radical (unpaired) electrons. The Kier molecular flexibility index (Phi) is 6.52. The number of aliphatic hydroxyl groups excluding tert-OH is 1. The molecule has 1 N–H and O–H groups in total. The third-order valence-corrected chi connectivity index (χ3v) is 6.35. The minimum Gasteiger partial charge on any atom is -0.473 e. The van der Waals surface area contributed by atoms with Crippen LogP contribution >= 0.6 is 11.6 Å². The standard InChI is InChI=1S/C24H29ClN4O4/c1-15-20(31-18-6-5-16(12-26)11-17(18)25)27-14-28-21(15)32-19-7-10-29(13-24(19)8-9-24)22(30)33-23(2,3)4/h5-6,11,14,19,22,30H,7-10,13H2,1-4H3. The molecule has 1 saturated carbocycles. The molecule has 1 aromatic heterocycles. The summed E-state index contributed by atoms with van der Waals surface area (Å²) in [6, 6.07) is 6.87. The number of benzene rings is 1. The maximum Gasteiger partial charge on any atom is 0.229 e. The molecule has 9 heteroatoms. The Hall–Kier alpha value is -2.44. The zero-order chi connectivity index (χ0) is 23.8. The fourth-order valence-electron chi connectivity index (χ4n) is 4.11. The SMILES string of the molecule is Cc1c(Oc2ccc(C#N)cc2Cl)ncnc1OC1CCN(C(O)OC(C)(C)C)CC12CC2. The highest BCUT2D eigenvalue weighted by Gasteiger charge is 2.55. The maximum atomic E-state index is 10.5. The predicted octanol–water partition coefficient (Wildman–Crippen LogP) is 4.43. The van der Waals surface area contributed by atoms with E-state index in [0.717, 1.165) is 19.3 Å². The van der Waals surface area contributed by atoms with Crippen LogP contribution in [0.25, 0.3) is 0 Å². The number of aromatic nitrogens is 2. The summed E-state index contributed by atoms with van der Waals surface area (Å²) in [6.07, 6.45) is 3.28. The Balaban J connectivity index is 1.46. The molecular weight excluding hydrogens is 444 g/mol. The van der Waals surface area contributed by atoms with Gasteiger partial charge in [-0.2, -0.15) is 5.26 Å². The van der Waals surface area contributed by atoms with Crippen LogP contribution in [-0.4, -0.2) is 51.2 Å². The summed E-state index contributed by atoms with van der Waals surface area (Å²) in [7, 11) is 0. The number of nitriles is 1. The second-order valence-electron chi connectivity index (χ2n) is 9.75. The average molecular weight is 473 g/mol. The van der Waals surface area contributed by atoms with Crippen molar-refractivity contribution < 1.29 is 19.3 Å². The van der Waals surface area contributed by atoms with Crippen LogP contribution in [0.1, 0.15) is 51.2 Å². The van der Waals surface area contributed by atoms with E-state index < -0.39 is 12.0 Å². The highest BCUT2D eigenvalue weighted by Crippen LogP contribution is 2.54. The number of halogens is 1. The third-order valence-electron chi connectivity index (χ3n) is 6.06. The van der Waals surface area contributed by atoms with Crippen molar-refractivity contribution in [1.82, 2.24) is 14.9 Å². The minimum absolute atomic E-state index is 0.0180. The van der Waals surface area contributed by atoms with Crippen LogP contribution in [0.5, 0.6) is 17.5 Å². The molecule has 0 bridgehead atoms. The quantitative estimate of drug-likeness (QED) is 0.616. The number of rotatable bonds is 6. The number of nitrogens with zero attached hydrogens (tertiary/aromatic N) is 4. The number of piperidine rings is 1. The van der Waals surface area contributed by atoms with E-state index in [1.807, 2.05) is 38.7 Å². The summed E-state index contributed by atoms with van der Waals surface area (Å²) in [6.45, 7) is 9.02. The van der Waals surface area contributed by atoms with E-state index in [0.29, 0.717) is 46.7 Å². The molecule has 2 aliphatic rings. The molecular formula is C24H29ClN4O4. The van der Waals surface area contributed by atoms with Crippen LogP contribution in [0.15, 0.2) is 24.5 Å². The molecule has 0 amide bonds. The van der Waals surface area contributed by atoms with Gasteiger partial charge in [0.2, 0.25) is 18.2 Å². The Labute approximate surface area is 199 Å². The van der Waals surface area contributed by atoms with Gasteiger partial charge in [0.15, 0.2) is 0 Å². The van der Waals surface area contributed by atoms with Crippen molar-refractivity contribution in [3.63, 3.8) is 0 Å². The van der Waals surface area contributed by atoms with E-state index in [4.69, 9.17) is 31.1 Å². The van der Waals surface area contributed by atoms with Crippen LogP contribution < -0.4 is 9.47 Å². The Morgan fingerprint density at radius 3 is 2.64 bits per heavy atom. The van der Waals surface area contributed by atoms with Crippen molar-refractivity contribution in [2.75, 3.05) is 13.1 Å². The molecule has 1 aliphatic carbocycles. The van der Waals surface area contributed by atoms with Crippen molar-refractivity contribution in [3.05, 3.63) is 40.7 Å². The predicted molar refractivity (Wildman–Crippen MR) is 122 cm³/mol. The first-order chi connectivity index (χ1) is 15.6. The Morgan fingerprint density at radius 1 is 1.27 bits per heavy atom. The van der Waals surface area contributed by atoms with Gasteiger partial charge in [0.25, 0.3) is 0 Å². The summed E-state index contributed by atoms with van der Waals surface area (Å²) in [5.74, 6) is 1.23. The van der Waals surface area contributed by atoms with Gasteiger partial charge in [0, 0.05) is 18.5 Å². The molecule has 1 spiro atoms. The molecule has 2 aromatic rings. The summed E-state index contributed by atoms with van der Waals surface area (Å²) >= 11 is 6.24. The van der Waals surface area contributed by atoms with Crippen LogP contribution in [0.3, 0.4) is 0 Å². The van der Waals surface area contributed by atoms with Crippen LogP contribution in [0, 0.1) is 23.7 Å². The van der Waals surface area contributed by atoms with Gasteiger partial charge in [-0.25, -0.2) is 9.97 Å². The van der Waals surface area contributed by atoms with Crippen molar-refractivity contribution in [1.29, 1.82) is 5.26 Å². The van der Waals surface area contributed by atoms with Crippen LogP contribution in [-0.2, 0) is 4.74 Å². The second-order valence-corrected chi connectivity index (χ2v) is 10.2. The van der Waals surface area contributed by atoms with Crippen molar-refractivity contribution in [2.24, 2.45) is 5.41 Å². The summed E-state index contributed by atoms with van der Waals surface area (Å²) in [4.78, 5) is 10.6. The van der Waals surface area contributed by atoms with Gasteiger partial charge in [-0.1, -0.05) is 11.6 Å². The van der Waals surface area contributed by atoms with Gasteiger partial charge in [0.05, 0.1) is 27.8 Å². The number of hydrogen-bond acceptors (Lipinski definition) is 8. The number of aliphatic hydroxyl groups is 1. The molecule has 33 heavy (non-hydrogen) atoms. The fraction of sp³-hybridized carbons (Fsp3) is 0.542. The summed E-state index contributed by atoms with van der Waals surface area (Å²) in [5, 5.41) is 19.9. The molecule has 2 fully saturated rings. The molecule has 8 nitrogen and oxygen atoms in total. The number of likely N-dealkylation sites (tertiary alicyclic amines) is 1. The normalized spacial score (nSPS) is 20.8. The van der Waals surface area contributed by atoms with E-state index in [2.05, 4.69) is 9.97 Å². The topological polar surface area (TPSA) is 101 Å². The zero-order valence-electron chi connectivity index (χ0n) is 19.3. The smallest absolute Gasteiger partial charge is 0.229 e. The largest absolute Gasteiger partial charge is 0.473 e. The zero-order valence-corrected chi connectivity index (χ0v) is 20.1. The highest BCUT2D eigenvalue weighted by atomic mass is 35.5. The lowest BCUT2D eigenvalue weighted by Crippen LogP contribution is -2.52. The lowest BCUT2D eigenvalue weighted by molar-refractivity contribution is -0.250. The lowest BCUT2D eigenvalue weighted by Gasteiger charge is -2.41. The first kappa shape index (κ1) is 23.7. The van der Waals surface area contributed by atoms with Gasteiger partial charge in [0.1, 0.15) is 18.2 Å². The van der Waals surface area contributed by atoms with E-state index in [1.54, 1.807) is 18.2 Å². The van der Waals surface area contributed by atoms with Gasteiger partial charge in [-0.3, -0.25) is 4.90 Å². The maximum absolute atomic E-state index is 10.5. The molecule has 4 rings (SSSR count). The third kappa shape index (κ3) is 5.39. The monoisotopic (exact) mass is 472 g/mol. The first-order valence-corrected chi connectivity index (χ1v) is 11.4. The van der Waals surface area contributed by atoms with Crippen LogP contribution in [0.2, 0.25) is 5.02 Å². The van der Waals surface area contributed by atoms with Gasteiger partial charge < -0.3 is 19.3 Å². The van der Waals surface area contributed by atoms with E-state index >= 15 is 0 Å². The number of hydrogen-bond donors (Lipinski definition) is 1. The molecule has 2 heterocycles. The molecule has 1 aromatic carbocycles. The van der Waals surface area contributed by atoms with Crippen LogP contribution in [0.4, 0.5) is 0 Å². The Bertz CT molecular complexity index is 1060. The van der Waals surface area contributed by atoms with Crippen molar-refractivity contribution in [2.45, 2.75) is 65.1 Å². The summed E-state index contributed by atoms with van der Waals surface area (Å²) in [5.41, 5.74) is 0.688. The minimum atomic E-state index is -0.929. The molecule has 1 aliphatic heterocycles. The van der Waals surface area contributed by atoms with Crippen molar-refractivity contribution >= 4 is 11.6 Å². The van der Waals surface area contributed by atoms with Gasteiger partial charge >= 0.3 is 0 Å². The summed E-state index contributed by atoms with van der Waals surface area (Å²) < 4.78 is 18.0. The molecule has 1 saturated heterocycles. The number of ether oxygens (including phenoxy) is 3. The van der Waals surface area contributed by atoms with Gasteiger partial charge in [-0.05, 0) is 65.2 Å². The molecule has 2 unspecified atom stereocenters. The van der Waals surface area contributed by atoms with E-state index in [9.17, 15) is 5.11 Å². The first-order valence-electron chi connectivity index (χ1n) is 11.1. The highest BCUT2D eigenvalue weighted by molar-refractivity contribution is 6.32. The van der Waals surface area contributed by atoms with Crippen molar-refractivity contribution in [3.8, 4) is 23.6 Å². The Morgan fingerprint density at radius 2 is 2.00 bits per heavy atom. The van der Waals surface area contributed by atoms with E-state index in [-0.39, 0.29) is 11.5 Å². The molecule has 2 atom stereocenters. The van der Waals surface area contributed by atoms with Gasteiger partial charge in [-0.15, -0.1) is 0 Å². The second kappa shape index (κ2) is 9.07. The van der Waals surface area contributed by atoms with E-state index in [1.165, 1.54) is 6.33 Å².